The van der Waals surface area contributed by atoms with Crippen LogP contribution in [0.1, 0.15) is 18.9 Å². The van der Waals surface area contributed by atoms with Crippen LogP contribution in [0.3, 0.4) is 0 Å². The van der Waals surface area contributed by atoms with Crippen molar-refractivity contribution >= 4 is 27.9 Å². The second-order valence-corrected chi connectivity index (χ2v) is 5.41. The number of nitrogens with zero attached hydrogens (tertiary/aromatic N) is 1. The number of hydrogen-bond donors (Lipinski definition) is 2. The molecule has 1 aromatic carbocycles. The zero-order chi connectivity index (χ0) is 17.2. The van der Waals surface area contributed by atoms with Crippen LogP contribution in [0.2, 0.25) is 0 Å². The van der Waals surface area contributed by atoms with Gasteiger partial charge >= 0.3 is 0 Å². The Bertz CT molecular complexity index is 623. The van der Waals surface area contributed by atoms with Crippen molar-refractivity contribution in [3.05, 3.63) is 27.7 Å². The summed E-state index contributed by atoms with van der Waals surface area (Å²) in [5.41, 5.74) is 0.546. The number of carbonyl (C=O) groups excluding carboxylic acids is 1. The molecule has 0 radical (unpaired) electrons. The van der Waals surface area contributed by atoms with E-state index >= 15 is 0 Å². The highest BCUT2D eigenvalue weighted by Crippen LogP contribution is 2.36. The number of nitriles is 1. The number of phenols is 1. The topological polar surface area (TPSA) is 91.6 Å². The first-order chi connectivity index (χ1) is 11.0. The Kier molecular flexibility index (Phi) is 8.16. The van der Waals surface area contributed by atoms with Crippen molar-refractivity contribution in [1.82, 2.24) is 5.32 Å². The number of phenolic OH excluding ortho intramolecular Hbond substituents is 1. The van der Waals surface area contributed by atoms with Gasteiger partial charge in [-0.2, -0.15) is 5.26 Å². The van der Waals surface area contributed by atoms with Crippen LogP contribution in [0.5, 0.6) is 11.5 Å². The van der Waals surface area contributed by atoms with Crippen LogP contribution < -0.4 is 10.1 Å². The van der Waals surface area contributed by atoms with Crippen LogP contribution >= 0.6 is 15.9 Å². The summed E-state index contributed by atoms with van der Waals surface area (Å²) in [6.45, 7) is 3.14. The van der Waals surface area contributed by atoms with E-state index in [-0.39, 0.29) is 17.1 Å². The summed E-state index contributed by atoms with van der Waals surface area (Å²) in [6.07, 6.45) is 2.11. The number of carbonyl (C=O) groups is 1. The molecule has 23 heavy (non-hydrogen) atoms. The minimum atomic E-state index is -0.453. The Hall–Kier alpha value is -2.04. The predicted molar refractivity (Wildman–Crippen MR) is 90.1 cm³/mol. The lowest BCUT2D eigenvalue weighted by Gasteiger charge is -2.09. The summed E-state index contributed by atoms with van der Waals surface area (Å²) in [5.74, 6) is -0.191. The van der Waals surface area contributed by atoms with E-state index in [1.54, 1.807) is 26.2 Å². The van der Waals surface area contributed by atoms with Crippen LogP contribution in [0.25, 0.3) is 6.08 Å². The molecule has 0 aliphatic rings. The summed E-state index contributed by atoms with van der Waals surface area (Å²) in [7, 11) is 1.58. The Morgan fingerprint density at radius 2 is 2.26 bits per heavy atom. The predicted octanol–water partition coefficient (Wildman–Crippen LogP) is 2.61. The molecule has 124 valence electrons. The number of hydrogen-bond acceptors (Lipinski definition) is 5. The third kappa shape index (κ3) is 5.93. The largest absolute Gasteiger partial charge is 0.503 e. The van der Waals surface area contributed by atoms with E-state index < -0.39 is 5.91 Å². The molecular formula is C16H19BrN2O4. The Morgan fingerprint density at radius 1 is 1.52 bits per heavy atom. The highest BCUT2D eigenvalue weighted by Gasteiger charge is 2.12. The molecule has 0 atom stereocenters. The maximum atomic E-state index is 12.0. The number of ether oxygens (including phenoxy) is 2. The third-order valence-corrected chi connectivity index (χ3v) is 3.44. The second kappa shape index (κ2) is 9.87. The molecule has 0 aromatic heterocycles. The van der Waals surface area contributed by atoms with Crippen LogP contribution in [-0.4, -0.2) is 37.9 Å². The first-order valence-corrected chi connectivity index (χ1v) is 7.87. The normalized spacial score (nSPS) is 11.0. The highest BCUT2D eigenvalue weighted by molar-refractivity contribution is 9.10. The minimum absolute atomic E-state index is 0.0217. The highest BCUT2D eigenvalue weighted by atomic mass is 79.9. The van der Waals surface area contributed by atoms with Gasteiger partial charge in [-0.15, -0.1) is 0 Å². The van der Waals surface area contributed by atoms with Crippen LogP contribution in [0.15, 0.2) is 22.2 Å². The van der Waals surface area contributed by atoms with Gasteiger partial charge in [-0.1, -0.05) is 0 Å². The second-order valence-electron chi connectivity index (χ2n) is 4.55. The number of benzene rings is 1. The van der Waals surface area contributed by atoms with Crippen molar-refractivity contribution in [2.45, 2.75) is 13.3 Å². The van der Waals surface area contributed by atoms with Gasteiger partial charge in [-0.05, 0) is 53.0 Å². The molecule has 7 heteroatoms. The monoisotopic (exact) mass is 382 g/mol. The van der Waals surface area contributed by atoms with E-state index in [4.69, 9.17) is 14.7 Å². The van der Waals surface area contributed by atoms with Gasteiger partial charge in [0.05, 0.1) is 11.1 Å². The summed E-state index contributed by atoms with van der Waals surface area (Å²) >= 11 is 3.22. The first kappa shape index (κ1) is 19.0. The standard InChI is InChI=1S/C16H19BrN2O4/c1-3-23-14-9-11(8-13(17)15(14)20)7-12(10-18)16(21)19-5-4-6-22-2/h7-9,20H,3-6H2,1-2H3,(H,19,21)/b12-7-. The summed E-state index contributed by atoms with van der Waals surface area (Å²) < 4.78 is 10.6. The fourth-order valence-corrected chi connectivity index (χ4v) is 2.23. The maximum Gasteiger partial charge on any atom is 0.261 e. The number of halogens is 1. The van der Waals surface area contributed by atoms with Crippen molar-refractivity contribution < 1.29 is 19.4 Å². The summed E-state index contributed by atoms with van der Waals surface area (Å²) in [4.78, 5) is 12.0. The average molecular weight is 383 g/mol. The molecule has 0 spiro atoms. The Labute approximate surface area is 143 Å². The van der Waals surface area contributed by atoms with Gasteiger partial charge in [0.1, 0.15) is 11.6 Å². The Morgan fingerprint density at radius 3 is 2.87 bits per heavy atom. The molecule has 0 fully saturated rings. The molecule has 0 bridgehead atoms. The molecule has 0 unspecified atom stereocenters. The molecule has 0 saturated heterocycles. The quantitative estimate of drug-likeness (QED) is 0.409. The SMILES string of the molecule is CCOc1cc(/C=C(/C#N)C(=O)NCCCOC)cc(Br)c1O. The molecule has 1 rings (SSSR count). The van der Waals surface area contributed by atoms with Gasteiger partial charge in [0.15, 0.2) is 11.5 Å². The van der Waals surface area contributed by atoms with Crippen molar-refractivity contribution in [1.29, 1.82) is 5.26 Å². The third-order valence-electron chi connectivity index (χ3n) is 2.84. The van der Waals surface area contributed by atoms with Crippen molar-refractivity contribution in [3.8, 4) is 17.6 Å². The van der Waals surface area contributed by atoms with E-state index in [1.165, 1.54) is 6.08 Å². The molecule has 0 heterocycles. The van der Waals surface area contributed by atoms with Crippen LogP contribution in [0, 0.1) is 11.3 Å². The van der Waals surface area contributed by atoms with Gasteiger partial charge < -0.3 is 19.9 Å². The van der Waals surface area contributed by atoms with Gasteiger partial charge in [0.25, 0.3) is 5.91 Å². The van der Waals surface area contributed by atoms with E-state index in [1.807, 2.05) is 6.07 Å². The molecule has 1 aromatic rings. The summed E-state index contributed by atoms with van der Waals surface area (Å²) in [6, 6.07) is 5.05. The number of aromatic hydroxyl groups is 1. The maximum absolute atomic E-state index is 12.0. The number of methoxy groups -OCH3 is 1. The zero-order valence-electron chi connectivity index (χ0n) is 13.1. The van der Waals surface area contributed by atoms with Gasteiger partial charge in [-0.3, -0.25) is 4.79 Å². The van der Waals surface area contributed by atoms with E-state index in [9.17, 15) is 9.90 Å². The number of amides is 1. The molecule has 6 nitrogen and oxygen atoms in total. The van der Waals surface area contributed by atoms with Gasteiger partial charge in [0, 0.05) is 20.3 Å². The average Bonchev–Trinajstić information content (AvgIpc) is 2.53. The molecule has 0 aliphatic carbocycles. The van der Waals surface area contributed by atoms with E-state index in [0.717, 1.165) is 0 Å². The lowest BCUT2D eigenvalue weighted by molar-refractivity contribution is -0.117. The number of nitrogens with one attached hydrogen (secondary N) is 1. The van der Waals surface area contributed by atoms with Crippen LogP contribution in [-0.2, 0) is 9.53 Å². The fourth-order valence-electron chi connectivity index (χ4n) is 1.77. The lowest BCUT2D eigenvalue weighted by Crippen LogP contribution is -2.26. The van der Waals surface area contributed by atoms with Crippen molar-refractivity contribution in [2.24, 2.45) is 0 Å². The van der Waals surface area contributed by atoms with E-state index in [2.05, 4.69) is 21.2 Å². The molecule has 0 saturated carbocycles. The van der Waals surface area contributed by atoms with Gasteiger partial charge in [-0.25, -0.2) is 0 Å². The molecule has 1 amide bonds. The van der Waals surface area contributed by atoms with Gasteiger partial charge in [0.2, 0.25) is 0 Å². The smallest absolute Gasteiger partial charge is 0.261 e. The minimum Gasteiger partial charge on any atom is -0.503 e. The van der Waals surface area contributed by atoms with E-state index in [0.29, 0.717) is 36.2 Å². The first-order valence-electron chi connectivity index (χ1n) is 7.07. The van der Waals surface area contributed by atoms with Crippen molar-refractivity contribution in [3.63, 3.8) is 0 Å². The molecule has 0 aliphatic heterocycles. The lowest BCUT2D eigenvalue weighted by atomic mass is 10.1. The number of rotatable bonds is 8. The fraction of sp³-hybridized carbons (Fsp3) is 0.375. The zero-order valence-corrected chi connectivity index (χ0v) is 14.6. The Balaban J connectivity index is 2.93. The molecular weight excluding hydrogens is 364 g/mol. The van der Waals surface area contributed by atoms with Crippen LogP contribution in [0.4, 0.5) is 0 Å². The molecule has 2 N–H and O–H groups in total. The summed E-state index contributed by atoms with van der Waals surface area (Å²) in [5, 5.41) is 21.7. The van der Waals surface area contributed by atoms with Crippen molar-refractivity contribution in [2.75, 3.05) is 26.9 Å².